The summed E-state index contributed by atoms with van der Waals surface area (Å²) in [6, 6.07) is 15.7. The van der Waals surface area contributed by atoms with Gasteiger partial charge in [0.25, 0.3) is 0 Å². The molecule has 23 heavy (non-hydrogen) atoms. The first-order valence-corrected chi connectivity index (χ1v) is 9.34. The van der Waals surface area contributed by atoms with E-state index in [4.69, 9.17) is 0 Å². The molecule has 0 heterocycles. The molecule has 0 saturated heterocycles. The minimum Gasteiger partial charge on any atom is -0.286 e. The Hall–Kier alpha value is -1.52. The van der Waals surface area contributed by atoms with E-state index in [0.29, 0.717) is 0 Å². The zero-order chi connectivity index (χ0) is 16.7. The van der Waals surface area contributed by atoms with E-state index in [0.717, 1.165) is 33.8 Å². The molecule has 4 heteroatoms. The molecule has 0 aliphatic carbocycles. The molecule has 0 atom stereocenters. The Morgan fingerprint density at radius 2 is 1.13 bits per heavy atom. The van der Waals surface area contributed by atoms with Gasteiger partial charge in [0.2, 0.25) is 10.2 Å². The van der Waals surface area contributed by atoms with Crippen LogP contribution in [-0.4, -0.2) is 10.2 Å². The first-order valence-electron chi connectivity index (χ1n) is 7.71. The summed E-state index contributed by atoms with van der Waals surface area (Å²) in [7, 11) is 0. The molecule has 0 aliphatic heterocycles. The van der Waals surface area contributed by atoms with Gasteiger partial charge in [-0.15, -0.1) is 0 Å². The second kappa shape index (κ2) is 8.94. The standard InChI is InChI=1S/C19H20O2S2/c1-3-14-9-5-7-11-16(14)22-18(20)13-19(21)23-17-12-8-6-10-15(17)4-2/h5-12H,3-4,13H2,1-2H3. The lowest BCUT2D eigenvalue weighted by molar-refractivity contribution is -0.117. The van der Waals surface area contributed by atoms with Crippen LogP contribution in [0.4, 0.5) is 0 Å². The van der Waals surface area contributed by atoms with Gasteiger partial charge in [-0.25, -0.2) is 0 Å². The number of benzene rings is 2. The van der Waals surface area contributed by atoms with Crippen molar-refractivity contribution in [1.82, 2.24) is 0 Å². The van der Waals surface area contributed by atoms with Crippen LogP contribution in [0.2, 0.25) is 0 Å². The average Bonchev–Trinajstić information content (AvgIpc) is 2.55. The Balaban J connectivity index is 1.96. The van der Waals surface area contributed by atoms with Gasteiger partial charge in [0.05, 0.1) is 6.42 Å². The van der Waals surface area contributed by atoms with Crippen LogP contribution in [-0.2, 0) is 22.4 Å². The summed E-state index contributed by atoms with van der Waals surface area (Å²) in [5.74, 6) is 0. The van der Waals surface area contributed by atoms with Crippen molar-refractivity contribution in [3.8, 4) is 0 Å². The number of aryl methyl sites for hydroxylation is 2. The molecule has 0 amide bonds. The Morgan fingerprint density at radius 3 is 1.52 bits per heavy atom. The van der Waals surface area contributed by atoms with Crippen molar-refractivity contribution in [2.45, 2.75) is 42.9 Å². The normalized spacial score (nSPS) is 10.5. The number of carbonyl (C=O) groups is 2. The predicted molar refractivity (Wildman–Crippen MR) is 98.0 cm³/mol. The van der Waals surface area contributed by atoms with Gasteiger partial charge in [-0.3, -0.25) is 9.59 Å². The second-order valence-corrected chi connectivity index (χ2v) is 7.25. The van der Waals surface area contributed by atoms with Crippen molar-refractivity contribution in [2.24, 2.45) is 0 Å². The fourth-order valence-corrected chi connectivity index (χ4v) is 4.19. The summed E-state index contributed by atoms with van der Waals surface area (Å²) in [4.78, 5) is 26.2. The van der Waals surface area contributed by atoms with Crippen LogP contribution in [0, 0.1) is 0 Å². The van der Waals surface area contributed by atoms with Crippen molar-refractivity contribution in [1.29, 1.82) is 0 Å². The van der Waals surface area contributed by atoms with E-state index in [9.17, 15) is 9.59 Å². The van der Waals surface area contributed by atoms with Gasteiger partial charge in [0.15, 0.2) is 0 Å². The maximum Gasteiger partial charge on any atom is 0.202 e. The molecule has 0 aromatic heterocycles. The number of carbonyl (C=O) groups excluding carboxylic acids is 2. The molecule has 0 unspecified atom stereocenters. The molecule has 0 N–H and O–H groups in total. The zero-order valence-electron chi connectivity index (χ0n) is 13.4. The lowest BCUT2D eigenvalue weighted by Crippen LogP contribution is -2.02. The minimum atomic E-state index is -0.0996. The van der Waals surface area contributed by atoms with Crippen LogP contribution in [0.15, 0.2) is 58.3 Å². The summed E-state index contributed by atoms with van der Waals surface area (Å²) < 4.78 is 0. The van der Waals surface area contributed by atoms with E-state index in [1.54, 1.807) is 0 Å². The highest BCUT2D eigenvalue weighted by atomic mass is 32.2. The number of hydrogen-bond donors (Lipinski definition) is 0. The fourth-order valence-electron chi connectivity index (χ4n) is 2.23. The van der Waals surface area contributed by atoms with E-state index in [-0.39, 0.29) is 16.7 Å². The Bertz CT molecular complexity index is 636. The molecule has 0 bridgehead atoms. The van der Waals surface area contributed by atoms with Gasteiger partial charge in [-0.05, 0) is 36.1 Å². The van der Waals surface area contributed by atoms with Crippen LogP contribution < -0.4 is 0 Å². The van der Waals surface area contributed by atoms with Crippen molar-refractivity contribution < 1.29 is 9.59 Å². The minimum absolute atomic E-state index is 0.0502. The Kier molecular flexibility index (Phi) is 6.93. The van der Waals surface area contributed by atoms with E-state index in [1.807, 2.05) is 48.5 Å². The topological polar surface area (TPSA) is 34.1 Å². The monoisotopic (exact) mass is 344 g/mol. The Labute approximate surface area is 146 Å². The molecule has 2 aromatic carbocycles. The van der Waals surface area contributed by atoms with Crippen LogP contribution >= 0.6 is 23.5 Å². The van der Waals surface area contributed by atoms with E-state index >= 15 is 0 Å². The van der Waals surface area contributed by atoms with Gasteiger partial charge < -0.3 is 0 Å². The summed E-state index contributed by atoms with van der Waals surface area (Å²) in [5, 5.41) is -0.199. The predicted octanol–water partition coefficient (Wildman–Crippen LogP) is 5.14. The molecule has 120 valence electrons. The Morgan fingerprint density at radius 1 is 0.739 bits per heavy atom. The summed E-state index contributed by atoms with van der Waals surface area (Å²) >= 11 is 2.34. The largest absolute Gasteiger partial charge is 0.286 e. The maximum absolute atomic E-state index is 12.2. The van der Waals surface area contributed by atoms with E-state index in [2.05, 4.69) is 13.8 Å². The molecule has 0 aliphatic rings. The van der Waals surface area contributed by atoms with Crippen LogP contribution in [0.25, 0.3) is 0 Å². The fraction of sp³-hybridized carbons (Fsp3) is 0.263. The highest BCUT2D eigenvalue weighted by Crippen LogP contribution is 2.28. The summed E-state index contributed by atoms with van der Waals surface area (Å²) in [6.45, 7) is 4.12. The second-order valence-electron chi connectivity index (χ2n) is 5.05. The highest BCUT2D eigenvalue weighted by molar-refractivity contribution is 8.15. The molecular formula is C19H20O2S2. The summed E-state index contributed by atoms with van der Waals surface area (Å²) in [6.07, 6.45) is 1.71. The van der Waals surface area contributed by atoms with Crippen LogP contribution in [0.5, 0.6) is 0 Å². The van der Waals surface area contributed by atoms with Crippen molar-refractivity contribution >= 4 is 33.8 Å². The highest BCUT2D eigenvalue weighted by Gasteiger charge is 2.15. The van der Waals surface area contributed by atoms with Crippen molar-refractivity contribution in [2.75, 3.05) is 0 Å². The molecule has 2 nitrogen and oxygen atoms in total. The van der Waals surface area contributed by atoms with Gasteiger partial charge in [-0.1, -0.05) is 73.8 Å². The lowest BCUT2D eigenvalue weighted by atomic mass is 10.2. The quantitative estimate of drug-likeness (QED) is 0.537. The SMILES string of the molecule is CCc1ccccc1SC(=O)CC(=O)Sc1ccccc1CC. The number of thioether (sulfide) groups is 2. The smallest absolute Gasteiger partial charge is 0.202 e. The van der Waals surface area contributed by atoms with E-state index < -0.39 is 0 Å². The van der Waals surface area contributed by atoms with Gasteiger partial charge in [-0.2, -0.15) is 0 Å². The van der Waals surface area contributed by atoms with E-state index in [1.165, 1.54) is 23.5 Å². The first-order chi connectivity index (χ1) is 11.1. The molecule has 0 radical (unpaired) electrons. The third-order valence-electron chi connectivity index (χ3n) is 3.44. The zero-order valence-corrected chi connectivity index (χ0v) is 15.0. The molecule has 0 fully saturated rings. The molecule has 0 spiro atoms. The van der Waals surface area contributed by atoms with Crippen LogP contribution in [0.1, 0.15) is 31.4 Å². The molecular weight excluding hydrogens is 324 g/mol. The number of hydrogen-bond acceptors (Lipinski definition) is 4. The van der Waals surface area contributed by atoms with Crippen molar-refractivity contribution in [3.63, 3.8) is 0 Å². The molecule has 2 aromatic rings. The van der Waals surface area contributed by atoms with Crippen molar-refractivity contribution in [3.05, 3.63) is 59.7 Å². The molecule has 2 rings (SSSR count). The maximum atomic E-state index is 12.2. The average molecular weight is 345 g/mol. The van der Waals surface area contributed by atoms with Gasteiger partial charge in [0, 0.05) is 9.79 Å². The summed E-state index contributed by atoms with van der Waals surface area (Å²) in [5.41, 5.74) is 2.28. The van der Waals surface area contributed by atoms with Gasteiger partial charge in [0.1, 0.15) is 0 Å². The van der Waals surface area contributed by atoms with Crippen LogP contribution in [0.3, 0.4) is 0 Å². The number of rotatable bonds is 6. The third kappa shape index (κ3) is 5.26. The molecule has 0 saturated carbocycles. The first kappa shape index (κ1) is 17.8. The lowest BCUT2D eigenvalue weighted by Gasteiger charge is -2.07. The third-order valence-corrected chi connectivity index (χ3v) is 5.42. The van der Waals surface area contributed by atoms with Gasteiger partial charge >= 0.3 is 0 Å².